The number of ether oxygens (including phenoxy) is 1. The van der Waals surface area contributed by atoms with Crippen molar-refractivity contribution in [1.29, 1.82) is 0 Å². The second-order valence-electron chi connectivity index (χ2n) is 7.72. The van der Waals surface area contributed by atoms with E-state index in [0.717, 1.165) is 24.1 Å². The Bertz CT molecular complexity index is 1270. The summed E-state index contributed by atoms with van der Waals surface area (Å²) >= 11 is 0. The zero-order valence-electron chi connectivity index (χ0n) is 18.1. The molecule has 162 valence electrons. The summed E-state index contributed by atoms with van der Waals surface area (Å²) in [7, 11) is 1.69. The lowest BCUT2D eigenvalue weighted by atomic mass is 10.1. The van der Waals surface area contributed by atoms with Gasteiger partial charge >= 0.3 is 6.01 Å². The van der Waals surface area contributed by atoms with E-state index in [1.54, 1.807) is 38.4 Å². The van der Waals surface area contributed by atoms with Crippen molar-refractivity contribution in [3.63, 3.8) is 0 Å². The maximum atomic E-state index is 14.3. The molecule has 0 N–H and O–H groups in total. The van der Waals surface area contributed by atoms with E-state index in [-0.39, 0.29) is 17.3 Å². The molecule has 0 amide bonds. The van der Waals surface area contributed by atoms with Crippen LogP contribution in [0.4, 0.5) is 4.39 Å². The van der Waals surface area contributed by atoms with Gasteiger partial charge in [-0.15, -0.1) is 0 Å². The molecule has 5 nitrogen and oxygen atoms in total. The maximum absolute atomic E-state index is 14.3. The Kier molecular flexibility index (Phi) is 6.40. The fourth-order valence-electron chi connectivity index (χ4n) is 3.50. The number of aromatic nitrogens is 3. The summed E-state index contributed by atoms with van der Waals surface area (Å²) in [6.45, 7) is 1.77. The van der Waals surface area contributed by atoms with Gasteiger partial charge in [-0.2, -0.15) is 9.97 Å². The summed E-state index contributed by atoms with van der Waals surface area (Å²) in [4.78, 5) is 20.8. The quantitative estimate of drug-likeness (QED) is 0.402. The van der Waals surface area contributed by atoms with Crippen LogP contribution in [0.3, 0.4) is 0 Å². The zero-order valence-corrected chi connectivity index (χ0v) is 18.1. The number of benzene rings is 2. The van der Waals surface area contributed by atoms with Crippen LogP contribution in [0.25, 0.3) is 11.3 Å². The molecule has 0 spiro atoms. The lowest BCUT2D eigenvalue weighted by Crippen LogP contribution is -2.14. The van der Waals surface area contributed by atoms with Crippen LogP contribution in [0.1, 0.15) is 23.2 Å². The third-order valence-electron chi connectivity index (χ3n) is 5.24. The van der Waals surface area contributed by atoms with Crippen molar-refractivity contribution in [2.24, 2.45) is 7.05 Å². The molecule has 0 fully saturated rings. The van der Waals surface area contributed by atoms with Crippen LogP contribution in [-0.2, 0) is 19.9 Å². The van der Waals surface area contributed by atoms with Crippen molar-refractivity contribution >= 4 is 0 Å². The van der Waals surface area contributed by atoms with Gasteiger partial charge in [0.25, 0.3) is 0 Å². The molecule has 0 aliphatic carbocycles. The van der Waals surface area contributed by atoms with Gasteiger partial charge in [0.2, 0.25) is 5.56 Å². The van der Waals surface area contributed by atoms with E-state index in [0.29, 0.717) is 17.7 Å². The minimum Gasteiger partial charge on any atom is -0.421 e. The molecule has 0 radical (unpaired) electrons. The molecule has 2 aromatic carbocycles. The first-order valence-corrected chi connectivity index (χ1v) is 10.5. The molecule has 2 aromatic heterocycles. The second-order valence-corrected chi connectivity index (χ2v) is 7.72. The summed E-state index contributed by atoms with van der Waals surface area (Å²) < 4.78 is 21.6. The fourth-order valence-corrected chi connectivity index (χ4v) is 3.50. The predicted octanol–water partition coefficient (Wildman–Crippen LogP) is 5.26. The van der Waals surface area contributed by atoms with Crippen molar-refractivity contribution in [2.75, 3.05) is 0 Å². The van der Waals surface area contributed by atoms with Crippen LogP contribution in [0, 0.1) is 12.7 Å². The summed E-state index contributed by atoms with van der Waals surface area (Å²) in [6, 6.07) is 20.2. The summed E-state index contributed by atoms with van der Waals surface area (Å²) in [5.41, 5.74) is 3.99. The third-order valence-corrected chi connectivity index (χ3v) is 5.24. The Balaban J connectivity index is 1.65. The largest absolute Gasteiger partial charge is 0.421 e. The van der Waals surface area contributed by atoms with E-state index < -0.39 is 5.82 Å². The lowest BCUT2D eigenvalue weighted by molar-refractivity contribution is 0.406. The van der Waals surface area contributed by atoms with Gasteiger partial charge < -0.3 is 9.30 Å². The second kappa shape index (κ2) is 9.56. The fraction of sp³-hybridized carbons (Fsp3) is 0.192. The van der Waals surface area contributed by atoms with Gasteiger partial charge in [0.15, 0.2) is 11.6 Å². The molecule has 32 heavy (non-hydrogen) atoms. The highest BCUT2D eigenvalue weighted by Crippen LogP contribution is 2.28. The Morgan fingerprint density at radius 3 is 2.53 bits per heavy atom. The van der Waals surface area contributed by atoms with Crippen molar-refractivity contribution in [2.45, 2.75) is 26.2 Å². The Morgan fingerprint density at radius 2 is 1.78 bits per heavy atom. The van der Waals surface area contributed by atoms with Crippen molar-refractivity contribution in [3.8, 4) is 23.0 Å². The van der Waals surface area contributed by atoms with Crippen LogP contribution in [0.2, 0.25) is 0 Å². The molecule has 6 heteroatoms. The molecule has 0 saturated heterocycles. The van der Waals surface area contributed by atoms with E-state index in [1.165, 1.54) is 22.3 Å². The topological polar surface area (TPSA) is 57.0 Å². The number of aryl methyl sites for hydroxylation is 4. The van der Waals surface area contributed by atoms with Crippen LogP contribution in [0.15, 0.2) is 77.7 Å². The van der Waals surface area contributed by atoms with Gasteiger partial charge in [-0.05, 0) is 55.5 Å². The Hall–Kier alpha value is -3.80. The number of hydrogen-bond donors (Lipinski definition) is 0. The summed E-state index contributed by atoms with van der Waals surface area (Å²) in [5.74, 6) is -0.355. The molecule has 0 atom stereocenters. The minimum absolute atomic E-state index is 0.0827. The van der Waals surface area contributed by atoms with Gasteiger partial charge in [0.1, 0.15) is 0 Å². The first kappa shape index (κ1) is 21.4. The standard InChI is InChI=1S/C26H24FN3O2/c1-18-8-6-13-22(27)25(18)32-26-28-21(12-7-11-19-9-4-3-5-10-19)16-23(29-26)20-14-15-24(31)30(2)17-20/h3-6,8-10,13-17H,7,11-12H2,1-2H3. The van der Waals surface area contributed by atoms with E-state index in [4.69, 9.17) is 4.74 Å². The average Bonchev–Trinajstić information content (AvgIpc) is 2.79. The number of rotatable bonds is 7. The van der Waals surface area contributed by atoms with Gasteiger partial charge in [-0.1, -0.05) is 42.5 Å². The number of halogens is 1. The Labute approximate surface area is 186 Å². The monoisotopic (exact) mass is 429 g/mol. The summed E-state index contributed by atoms with van der Waals surface area (Å²) in [6.07, 6.45) is 4.24. The molecule has 0 unspecified atom stereocenters. The molecule has 4 rings (SSSR count). The van der Waals surface area contributed by atoms with Crippen LogP contribution >= 0.6 is 0 Å². The highest BCUT2D eigenvalue weighted by atomic mass is 19.1. The van der Waals surface area contributed by atoms with Gasteiger partial charge in [0, 0.05) is 30.6 Å². The molecule has 2 heterocycles. The third kappa shape index (κ3) is 5.09. The number of hydrogen-bond acceptors (Lipinski definition) is 4. The number of nitrogens with zero attached hydrogens (tertiary/aromatic N) is 3. The minimum atomic E-state index is -0.466. The maximum Gasteiger partial charge on any atom is 0.322 e. The van der Waals surface area contributed by atoms with Crippen molar-refractivity contribution in [1.82, 2.24) is 14.5 Å². The van der Waals surface area contributed by atoms with Crippen LogP contribution in [-0.4, -0.2) is 14.5 Å². The van der Waals surface area contributed by atoms with Gasteiger partial charge in [0.05, 0.1) is 5.69 Å². The zero-order chi connectivity index (χ0) is 22.5. The van der Waals surface area contributed by atoms with Crippen molar-refractivity contribution < 1.29 is 9.13 Å². The summed E-state index contributed by atoms with van der Waals surface area (Å²) in [5, 5.41) is 0. The molecule has 0 bridgehead atoms. The van der Waals surface area contributed by atoms with Gasteiger partial charge in [-0.25, -0.2) is 4.39 Å². The molecule has 0 aliphatic rings. The first-order valence-electron chi connectivity index (χ1n) is 10.5. The predicted molar refractivity (Wildman–Crippen MR) is 122 cm³/mol. The SMILES string of the molecule is Cc1cccc(F)c1Oc1nc(CCCc2ccccc2)cc(-c2ccc(=O)n(C)c2)n1. The number of pyridine rings is 1. The molecular formula is C26H24FN3O2. The lowest BCUT2D eigenvalue weighted by Gasteiger charge is -2.12. The van der Waals surface area contributed by atoms with E-state index in [1.807, 2.05) is 24.3 Å². The van der Waals surface area contributed by atoms with Gasteiger partial charge in [-0.3, -0.25) is 4.79 Å². The van der Waals surface area contributed by atoms with Crippen LogP contribution in [0.5, 0.6) is 11.8 Å². The first-order chi connectivity index (χ1) is 15.5. The molecular weight excluding hydrogens is 405 g/mol. The smallest absolute Gasteiger partial charge is 0.322 e. The molecule has 0 aliphatic heterocycles. The normalized spacial score (nSPS) is 10.8. The van der Waals surface area contributed by atoms with E-state index in [2.05, 4.69) is 22.1 Å². The average molecular weight is 429 g/mol. The highest BCUT2D eigenvalue weighted by Gasteiger charge is 2.13. The van der Waals surface area contributed by atoms with E-state index in [9.17, 15) is 9.18 Å². The number of para-hydroxylation sites is 1. The van der Waals surface area contributed by atoms with Crippen LogP contribution < -0.4 is 10.3 Å². The Morgan fingerprint density at radius 1 is 0.969 bits per heavy atom. The molecule has 0 saturated carbocycles. The van der Waals surface area contributed by atoms with E-state index >= 15 is 0 Å². The molecule has 4 aromatic rings. The van der Waals surface area contributed by atoms with Crippen molar-refractivity contribution in [3.05, 3.63) is 106 Å². The highest BCUT2D eigenvalue weighted by molar-refractivity contribution is 5.58.